The topological polar surface area (TPSA) is 39.7 Å². The molecule has 1 aliphatic heterocycles. The van der Waals surface area contributed by atoms with Crippen LogP contribution in [0.2, 0.25) is 0 Å². The molecule has 0 aliphatic carbocycles. The fourth-order valence-electron chi connectivity index (χ4n) is 2.37. The molecule has 4 heteroatoms. The van der Waals surface area contributed by atoms with Crippen molar-refractivity contribution in [2.75, 3.05) is 25.8 Å². The summed E-state index contributed by atoms with van der Waals surface area (Å²) in [5, 5.41) is 3.48. The minimum absolute atomic E-state index is 0.312. The molecule has 0 spiro atoms. The predicted molar refractivity (Wildman–Crippen MR) is 81.9 cm³/mol. The van der Waals surface area contributed by atoms with E-state index in [-0.39, 0.29) is 0 Å². The standard InChI is InChI=1S/C17H19NO3/c1-19-9-8-14-4-2-3-5-15(14)18-11-13-6-7-16-17(10-13)21-12-20-16/h2-7,10,18H,8-9,11-12H2,1H3. The van der Waals surface area contributed by atoms with Crippen molar-refractivity contribution in [1.82, 2.24) is 0 Å². The van der Waals surface area contributed by atoms with Crippen LogP contribution in [0, 0.1) is 0 Å². The van der Waals surface area contributed by atoms with Gasteiger partial charge in [0.2, 0.25) is 6.79 Å². The highest BCUT2D eigenvalue weighted by Crippen LogP contribution is 2.32. The molecular weight excluding hydrogens is 266 g/mol. The van der Waals surface area contributed by atoms with E-state index in [1.165, 1.54) is 11.1 Å². The Morgan fingerprint density at radius 3 is 2.86 bits per heavy atom. The van der Waals surface area contributed by atoms with Crippen LogP contribution < -0.4 is 14.8 Å². The Bertz CT molecular complexity index is 613. The molecule has 4 nitrogen and oxygen atoms in total. The Hall–Kier alpha value is -2.20. The highest BCUT2D eigenvalue weighted by molar-refractivity contribution is 5.52. The van der Waals surface area contributed by atoms with E-state index in [0.717, 1.165) is 36.8 Å². The van der Waals surface area contributed by atoms with Crippen LogP contribution in [0.1, 0.15) is 11.1 Å². The van der Waals surface area contributed by atoms with Gasteiger partial charge >= 0.3 is 0 Å². The Balaban J connectivity index is 1.67. The molecule has 0 atom stereocenters. The second-order valence-corrected chi connectivity index (χ2v) is 4.94. The molecule has 3 rings (SSSR count). The molecule has 0 unspecified atom stereocenters. The molecule has 110 valence electrons. The summed E-state index contributed by atoms with van der Waals surface area (Å²) in [4.78, 5) is 0. The lowest BCUT2D eigenvalue weighted by atomic mass is 10.1. The molecule has 1 aliphatic rings. The smallest absolute Gasteiger partial charge is 0.231 e. The fraction of sp³-hybridized carbons (Fsp3) is 0.294. The average molecular weight is 285 g/mol. The van der Waals surface area contributed by atoms with Crippen molar-refractivity contribution in [2.24, 2.45) is 0 Å². The summed E-state index contributed by atoms with van der Waals surface area (Å²) >= 11 is 0. The fourth-order valence-corrected chi connectivity index (χ4v) is 2.37. The molecule has 0 saturated carbocycles. The van der Waals surface area contributed by atoms with E-state index >= 15 is 0 Å². The zero-order valence-corrected chi connectivity index (χ0v) is 12.1. The lowest BCUT2D eigenvalue weighted by molar-refractivity contribution is 0.174. The van der Waals surface area contributed by atoms with E-state index in [2.05, 4.69) is 29.6 Å². The van der Waals surface area contributed by atoms with E-state index < -0.39 is 0 Å². The Morgan fingerprint density at radius 1 is 1.10 bits per heavy atom. The van der Waals surface area contributed by atoms with Crippen molar-refractivity contribution in [3.63, 3.8) is 0 Å². The number of para-hydroxylation sites is 1. The molecule has 0 aromatic heterocycles. The molecule has 21 heavy (non-hydrogen) atoms. The molecule has 0 saturated heterocycles. The van der Waals surface area contributed by atoms with E-state index in [1.807, 2.05) is 18.2 Å². The predicted octanol–water partition coefficient (Wildman–Crippen LogP) is 3.22. The van der Waals surface area contributed by atoms with E-state index in [9.17, 15) is 0 Å². The third-order valence-corrected chi connectivity index (χ3v) is 3.51. The van der Waals surface area contributed by atoms with Crippen molar-refractivity contribution in [3.8, 4) is 11.5 Å². The van der Waals surface area contributed by atoms with Crippen LogP contribution in [0.3, 0.4) is 0 Å². The van der Waals surface area contributed by atoms with Gasteiger partial charge in [0, 0.05) is 19.3 Å². The summed E-state index contributed by atoms with van der Waals surface area (Å²) < 4.78 is 15.9. The largest absolute Gasteiger partial charge is 0.454 e. The monoisotopic (exact) mass is 285 g/mol. The van der Waals surface area contributed by atoms with E-state index in [0.29, 0.717) is 6.79 Å². The first-order valence-electron chi connectivity index (χ1n) is 7.06. The van der Waals surface area contributed by atoms with Crippen LogP contribution in [0.5, 0.6) is 11.5 Å². The van der Waals surface area contributed by atoms with Gasteiger partial charge in [-0.1, -0.05) is 24.3 Å². The van der Waals surface area contributed by atoms with Crippen LogP contribution >= 0.6 is 0 Å². The first-order chi connectivity index (χ1) is 10.4. The third-order valence-electron chi connectivity index (χ3n) is 3.51. The maximum Gasteiger partial charge on any atom is 0.231 e. The van der Waals surface area contributed by atoms with E-state index in [1.54, 1.807) is 7.11 Å². The Morgan fingerprint density at radius 2 is 1.95 bits per heavy atom. The lowest BCUT2D eigenvalue weighted by Crippen LogP contribution is -2.04. The van der Waals surface area contributed by atoms with Crippen LogP contribution in [0.25, 0.3) is 0 Å². The van der Waals surface area contributed by atoms with Crippen LogP contribution in [-0.2, 0) is 17.7 Å². The number of anilines is 1. The summed E-state index contributed by atoms with van der Waals surface area (Å²) in [5.74, 6) is 1.64. The van der Waals surface area contributed by atoms with Crippen molar-refractivity contribution < 1.29 is 14.2 Å². The zero-order valence-electron chi connectivity index (χ0n) is 12.1. The van der Waals surface area contributed by atoms with Crippen molar-refractivity contribution >= 4 is 5.69 Å². The molecule has 1 heterocycles. The maximum absolute atomic E-state index is 5.40. The molecule has 0 bridgehead atoms. The molecule has 2 aromatic rings. The number of benzene rings is 2. The highest BCUT2D eigenvalue weighted by Gasteiger charge is 2.13. The zero-order chi connectivity index (χ0) is 14.5. The van der Waals surface area contributed by atoms with Gasteiger partial charge in [-0.25, -0.2) is 0 Å². The molecule has 0 fully saturated rings. The quantitative estimate of drug-likeness (QED) is 0.884. The van der Waals surface area contributed by atoms with Crippen LogP contribution in [0.4, 0.5) is 5.69 Å². The van der Waals surface area contributed by atoms with Gasteiger partial charge in [0.15, 0.2) is 11.5 Å². The number of nitrogens with one attached hydrogen (secondary N) is 1. The summed E-state index contributed by atoms with van der Waals surface area (Å²) in [6, 6.07) is 14.3. The van der Waals surface area contributed by atoms with Gasteiger partial charge in [0.1, 0.15) is 0 Å². The third kappa shape index (κ3) is 3.28. The molecular formula is C17H19NO3. The van der Waals surface area contributed by atoms with Gasteiger partial charge in [0.25, 0.3) is 0 Å². The summed E-state index contributed by atoms with van der Waals surface area (Å²) in [6.45, 7) is 1.79. The highest BCUT2D eigenvalue weighted by atomic mass is 16.7. The summed E-state index contributed by atoms with van der Waals surface area (Å²) in [6.07, 6.45) is 0.904. The number of rotatable bonds is 6. The lowest BCUT2D eigenvalue weighted by Gasteiger charge is -2.12. The molecule has 0 amide bonds. The maximum atomic E-state index is 5.40. The van der Waals surface area contributed by atoms with Crippen molar-refractivity contribution in [2.45, 2.75) is 13.0 Å². The van der Waals surface area contributed by atoms with Gasteiger partial charge in [-0.2, -0.15) is 0 Å². The van der Waals surface area contributed by atoms with Gasteiger partial charge in [0.05, 0.1) is 6.61 Å². The van der Waals surface area contributed by atoms with Crippen LogP contribution in [-0.4, -0.2) is 20.5 Å². The SMILES string of the molecule is COCCc1ccccc1NCc1ccc2c(c1)OCO2. The van der Waals surface area contributed by atoms with Crippen LogP contribution in [0.15, 0.2) is 42.5 Å². The number of fused-ring (bicyclic) bond motifs is 1. The molecule has 1 N–H and O–H groups in total. The molecule has 2 aromatic carbocycles. The van der Waals surface area contributed by atoms with Gasteiger partial charge in [-0.15, -0.1) is 0 Å². The minimum Gasteiger partial charge on any atom is -0.454 e. The normalized spacial score (nSPS) is 12.4. The second-order valence-electron chi connectivity index (χ2n) is 4.94. The Kier molecular flexibility index (Phi) is 4.26. The number of ether oxygens (including phenoxy) is 3. The van der Waals surface area contributed by atoms with Crippen molar-refractivity contribution in [3.05, 3.63) is 53.6 Å². The van der Waals surface area contributed by atoms with Gasteiger partial charge in [-0.3, -0.25) is 0 Å². The van der Waals surface area contributed by atoms with Gasteiger partial charge < -0.3 is 19.5 Å². The van der Waals surface area contributed by atoms with Gasteiger partial charge in [-0.05, 0) is 35.7 Å². The number of methoxy groups -OCH3 is 1. The Labute approximate surface area is 124 Å². The van der Waals surface area contributed by atoms with Crippen molar-refractivity contribution in [1.29, 1.82) is 0 Å². The number of hydrogen-bond donors (Lipinski definition) is 1. The summed E-state index contributed by atoms with van der Waals surface area (Å²) in [5.41, 5.74) is 3.58. The first-order valence-corrected chi connectivity index (χ1v) is 7.06. The van der Waals surface area contributed by atoms with E-state index in [4.69, 9.17) is 14.2 Å². The number of hydrogen-bond acceptors (Lipinski definition) is 4. The first kappa shape index (κ1) is 13.8. The molecule has 0 radical (unpaired) electrons. The summed E-state index contributed by atoms with van der Waals surface area (Å²) in [7, 11) is 1.72. The second kappa shape index (κ2) is 6.50. The average Bonchev–Trinajstić information content (AvgIpc) is 2.99. The minimum atomic E-state index is 0.312.